The number of benzene rings is 2. The Kier molecular flexibility index (Phi) is 3.62. The van der Waals surface area contributed by atoms with Gasteiger partial charge in [-0.05, 0) is 45.8 Å². The Morgan fingerprint density at radius 1 is 0.842 bits per heavy atom. The third-order valence-electron chi connectivity index (χ3n) is 2.54. The van der Waals surface area contributed by atoms with E-state index in [1.54, 1.807) is 0 Å². The standard InChI is InChI=1S/C13H6BrF5/c14-9-5-6-10(15)11(12(9)16)7-1-3-8(4-2-7)13(17,18)19/h1-6H. The van der Waals surface area contributed by atoms with E-state index in [1.807, 2.05) is 0 Å². The summed E-state index contributed by atoms with van der Waals surface area (Å²) in [6.45, 7) is 0. The maximum absolute atomic E-state index is 13.8. The van der Waals surface area contributed by atoms with Crippen LogP contribution in [0.4, 0.5) is 22.0 Å². The molecule has 6 heteroatoms. The topological polar surface area (TPSA) is 0 Å². The molecule has 0 aliphatic rings. The van der Waals surface area contributed by atoms with Crippen LogP contribution in [0.25, 0.3) is 11.1 Å². The number of rotatable bonds is 1. The first-order valence-corrected chi connectivity index (χ1v) is 5.91. The molecule has 0 saturated carbocycles. The van der Waals surface area contributed by atoms with Gasteiger partial charge in [-0.15, -0.1) is 0 Å². The maximum Gasteiger partial charge on any atom is 0.416 e. The van der Waals surface area contributed by atoms with Crippen LogP contribution in [0, 0.1) is 11.6 Å². The van der Waals surface area contributed by atoms with Crippen molar-refractivity contribution < 1.29 is 22.0 Å². The van der Waals surface area contributed by atoms with Crippen LogP contribution < -0.4 is 0 Å². The molecule has 2 rings (SSSR count). The molecule has 0 aromatic heterocycles. The van der Waals surface area contributed by atoms with Gasteiger partial charge >= 0.3 is 6.18 Å². The minimum atomic E-state index is -4.48. The molecule has 0 bridgehead atoms. The molecule has 0 aliphatic carbocycles. The van der Waals surface area contributed by atoms with Crippen LogP contribution >= 0.6 is 15.9 Å². The summed E-state index contributed by atoms with van der Waals surface area (Å²) in [6, 6.07) is 5.89. The van der Waals surface area contributed by atoms with Crippen LogP contribution in [0.3, 0.4) is 0 Å². The van der Waals surface area contributed by atoms with Gasteiger partial charge in [-0.2, -0.15) is 13.2 Å². The average Bonchev–Trinajstić information content (AvgIpc) is 2.34. The van der Waals surface area contributed by atoms with Gasteiger partial charge in [-0.1, -0.05) is 12.1 Å². The van der Waals surface area contributed by atoms with Gasteiger partial charge < -0.3 is 0 Å². The highest BCUT2D eigenvalue weighted by molar-refractivity contribution is 9.10. The van der Waals surface area contributed by atoms with Crippen molar-refractivity contribution in [2.24, 2.45) is 0 Å². The molecular formula is C13H6BrF5. The second-order valence-corrected chi connectivity index (χ2v) is 4.65. The third-order valence-corrected chi connectivity index (χ3v) is 3.16. The molecule has 0 amide bonds. The van der Waals surface area contributed by atoms with Gasteiger partial charge in [0.05, 0.1) is 15.6 Å². The summed E-state index contributed by atoms with van der Waals surface area (Å²) < 4.78 is 64.6. The zero-order chi connectivity index (χ0) is 14.2. The fourth-order valence-electron chi connectivity index (χ4n) is 1.62. The largest absolute Gasteiger partial charge is 0.416 e. The minimum absolute atomic E-state index is 0.0452. The molecule has 19 heavy (non-hydrogen) atoms. The van der Waals surface area contributed by atoms with E-state index >= 15 is 0 Å². The van der Waals surface area contributed by atoms with Crippen molar-refractivity contribution in [3.8, 4) is 11.1 Å². The number of hydrogen-bond acceptors (Lipinski definition) is 0. The van der Waals surface area contributed by atoms with E-state index < -0.39 is 23.4 Å². The van der Waals surface area contributed by atoms with Gasteiger partial charge in [0.1, 0.15) is 11.6 Å². The molecule has 0 fully saturated rings. The highest BCUT2D eigenvalue weighted by atomic mass is 79.9. The molecule has 0 atom stereocenters. The van der Waals surface area contributed by atoms with Gasteiger partial charge in [-0.25, -0.2) is 8.78 Å². The SMILES string of the molecule is Fc1ccc(Br)c(F)c1-c1ccc(C(F)(F)F)cc1. The molecule has 0 nitrogen and oxygen atoms in total. The van der Waals surface area contributed by atoms with E-state index in [9.17, 15) is 22.0 Å². The number of alkyl halides is 3. The monoisotopic (exact) mass is 336 g/mol. The summed E-state index contributed by atoms with van der Waals surface area (Å²) in [7, 11) is 0. The first-order chi connectivity index (χ1) is 8.80. The highest BCUT2D eigenvalue weighted by Crippen LogP contribution is 2.34. The van der Waals surface area contributed by atoms with Crippen molar-refractivity contribution in [2.75, 3.05) is 0 Å². The van der Waals surface area contributed by atoms with Gasteiger partial charge in [0.25, 0.3) is 0 Å². The molecule has 0 heterocycles. The second-order valence-electron chi connectivity index (χ2n) is 3.79. The van der Waals surface area contributed by atoms with E-state index in [2.05, 4.69) is 15.9 Å². The Hall–Kier alpha value is -1.43. The van der Waals surface area contributed by atoms with Gasteiger partial charge in [0.15, 0.2) is 0 Å². The zero-order valence-electron chi connectivity index (χ0n) is 9.23. The fraction of sp³-hybridized carbons (Fsp3) is 0.0769. The lowest BCUT2D eigenvalue weighted by molar-refractivity contribution is -0.137. The summed E-state index contributed by atoms with van der Waals surface area (Å²) in [4.78, 5) is 0. The zero-order valence-corrected chi connectivity index (χ0v) is 10.8. The average molecular weight is 337 g/mol. The molecule has 0 spiro atoms. The van der Waals surface area contributed by atoms with Crippen LogP contribution in [0.15, 0.2) is 40.9 Å². The summed E-state index contributed by atoms with van der Waals surface area (Å²) in [6.07, 6.45) is -4.48. The Labute approximate surface area is 114 Å². The van der Waals surface area contributed by atoms with Gasteiger partial charge in [0, 0.05) is 0 Å². The molecule has 100 valence electrons. The van der Waals surface area contributed by atoms with E-state index in [1.165, 1.54) is 6.07 Å². The van der Waals surface area contributed by atoms with E-state index in [0.717, 1.165) is 30.3 Å². The Morgan fingerprint density at radius 2 is 1.42 bits per heavy atom. The predicted molar refractivity (Wildman–Crippen MR) is 64.5 cm³/mol. The Balaban J connectivity index is 2.52. The summed E-state index contributed by atoms with van der Waals surface area (Å²) in [5.74, 6) is -1.68. The quantitative estimate of drug-likeness (QED) is 0.482. The maximum atomic E-state index is 13.8. The molecule has 0 N–H and O–H groups in total. The normalized spacial score (nSPS) is 11.7. The molecule has 0 unspecified atom stereocenters. The lowest BCUT2D eigenvalue weighted by Crippen LogP contribution is -2.04. The molecule has 0 radical (unpaired) electrons. The van der Waals surface area contributed by atoms with Crippen molar-refractivity contribution in [2.45, 2.75) is 6.18 Å². The summed E-state index contributed by atoms with van der Waals surface area (Å²) in [5.41, 5.74) is -1.18. The van der Waals surface area contributed by atoms with Crippen LogP contribution in [0.2, 0.25) is 0 Å². The molecule has 0 aliphatic heterocycles. The predicted octanol–water partition coefficient (Wildman–Crippen LogP) is 5.41. The summed E-state index contributed by atoms with van der Waals surface area (Å²) >= 11 is 2.90. The molecule has 2 aromatic carbocycles. The van der Waals surface area contributed by atoms with Gasteiger partial charge in [0.2, 0.25) is 0 Å². The molecule has 0 saturated heterocycles. The van der Waals surface area contributed by atoms with Gasteiger partial charge in [-0.3, -0.25) is 0 Å². The van der Waals surface area contributed by atoms with Crippen LogP contribution in [0.5, 0.6) is 0 Å². The fourth-order valence-corrected chi connectivity index (χ4v) is 1.95. The highest BCUT2D eigenvalue weighted by Gasteiger charge is 2.30. The Bertz CT molecular complexity index is 602. The Morgan fingerprint density at radius 3 is 1.95 bits per heavy atom. The van der Waals surface area contributed by atoms with Crippen molar-refractivity contribution in [1.82, 2.24) is 0 Å². The van der Waals surface area contributed by atoms with Crippen LogP contribution in [0.1, 0.15) is 5.56 Å². The van der Waals surface area contributed by atoms with E-state index in [-0.39, 0.29) is 15.6 Å². The first kappa shape index (κ1) is 14.0. The van der Waals surface area contributed by atoms with E-state index in [4.69, 9.17) is 0 Å². The third kappa shape index (κ3) is 2.78. The number of halogens is 6. The lowest BCUT2D eigenvalue weighted by Gasteiger charge is -2.09. The second kappa shape index (κ2) is 4.92. The van der Waals surface area contributed by atoms with Crippen molar-refractivity contribution in [3.63, 3.8) is 0 Å². The molecule has 2 aromatic rings. The summed E-state index contributed by atoms with van der Waals surface area (Å²) in [5, 5.41) is 0. The van der Waals surface area contributed by atoms with Crippen LogP contribution in [-0.4, -0.2) is 0 Å². The van der Waals surface area contributed by atoms with Crippen molar-refractivity contribution in [3.05, 3.63) is 58.1 Å². The van der Waals surface area contributed by atoms with Crippen LogP contribution in [-0.2, 0) is 6.18 Å². The van der Waals surface area contributed by atoms with Crippen molar-refractivity contribution >= 4 is 15.9 Å². The lowest BCUT2D eigenvalue weighted by atomic mass is 10.0. The van der Waals surface area contributed by atoms with E-state index in [0.29, 0.717) is 0 Å². The first-order valence-electron chi connectivity index (χ1n) is 5.12. The number of hydrogen-bond donors (Lipinski definition) is 0. The smallest absolute Gasteiger partial charge is 0.206 e. The minimum Gasteiger partial charge on any atom is -0.206 e. The van der Waals surface area contributed by atoms with Crippen molar-refractivity contribution in [1.29, 1.82) is 0 Å². The molecular weight excluding hydrogens is 331 g/mol.